The molecule has 112 valence electrons. The van der Waals surface area contributed by atoms with Crippen LogP contribution in [0.25, 0.3) is 0 Å². The summed E-state index contributed by atoms with van der Waals surface area (Å²) >= 11 is 0. The van der Waals surface area contributed by atoms with E-state index >= 15 is 0 Å². The first-order chi connectivity index (χ1) is 9.61. The second kappa shape index (κ2) is 7.11. The van der Waals surface area contributed by atoms with Crippen molar-refractivity contribution in [2.45, 2.75) is 31.3 Å². The Morgan fingerprint density at radius 2 is 1.95 bits per heavy atom. The van der Waals surface area contributed by atoms with Crippen LogP contribution in [0.2, 0.25) is 0 Å². The van der Waals surface area contributed by atoms with Gasteiger partial charge < -0.3 is 10.5 Å². The molecule has 1 aromatic rings. The second-order valence-corrected chi connectivity index (χ2v) is 5.34. The first kappa shape index (κ1) is 15.4. The van der Waals surface area contributed by atoms with E-state index in [1.165, 1.54) is 12.1 Å². The van der Waals surface area contributed by atoms with Crippen LogP contribution in [0, 0.1) is 11.6 Å². The van der Waals surface area contributed by atoms with Gasteiger partial charge in [-0.25, -0.2) is 8.78 Å². The molecule has 0 amide bonds. The highest BCUT2D eigenvalue weighted by Gasteiger charge is 2.29. The molecule has 1 fully saturated rings. The van der Waals surface area contributed by atoms with E-state index < -0.39 is 11.6 Å². The molecule has 0 saturated carbocycles. The zero-order valence-electron chi connectivity index (χ0n) is 11.8. The summed E-state index contributed by atoms with van der Waals surface area (Å²) in [5.41, 5.74) is 6.86. The van der Waals surface area contributed by atoms with E-state index in [9.17, 15) is 8.78 Å². The summed E-state index contributed by atoms with van der Waals surface area (Å²) in [7, 11) is 1.65. The van der Waals surface area contributed by atoms with Gasteiger partial charge in [-0.1, -0.05) is 6.42 Å². The topological polar surface area (TPSA) is 38.5 Å². The van der Waals surface area contributed by atoms with Gasteiger partial charge in [0.05, 0.1) is 12.6 Å². The normalized spacial score (nSPS) is 24.6. The summed E-state index contributed by atoms with van der Waals surface area (Å²) < 4.78 is 32.1. The van der Waals surface area contributed by atoms with Crippen molar-refractivity contribution in [3.05, 3.63) is 35.4 Å². The standard InChI is InChI=1S/C15H22F2N2O/c1-20-7-6-19-5-3-2-4-14(18)15(19)11-8-12(16)10-13(17)9-11/h8-10,14-15H,2-7,18H2,1H3. The third kappa shape index (κ3) is 3.75. The molecule has 2 rings (SSSR count). The van der Waals surface area contributed by atoms with Crippen LogP contribution in [-0.2, 0) is 4.74 Å². The van der Waals surface area contributed by atoms with Crippen LogP contribution in [0.3, 0.4) is 0 Å². The molecule has 0 bridgehead atoms. The summed E-state index contributed by atoms with van der Waals surface area (Å²) in [5.74, 6) is -1.11. The van der Waals surface area contributed by atoms with Gasteiger partial charge in [-0.05, 0) is 37.1 Å². The van der Waals surface area contributed by atoms with Crippen LogP contribution in [0.5, 0.6) is 0 Å². The highest BCUT2D eigenvalue weighted by Crippen LogP contribution is 2.30. The van der Waals surface area contributed by atoms with E-state index in [1.807, 2.05) is 0 Å². The molecule has 20 heavy (non-hydrogen) atoms. The lowest BCUT2D eigenvalue weighted by molar-refractivity contribution is 0.114. The summed E-state index contributed by atoms with van der Waals surface area (Å²) in [4.78, 5) is 2.18. The molecule has 0 radical (unpaired) electrons. The Labute approximate surface area is 118 Å². The van der Waals surface area contributed by atoms with Crippen molar-refractivity contribution in [2.75, 3.05) is 26.8 Å². The average molecular weight is 284 g/mol. The van der Waals surface area contributed by atoms with Crippen molar-refractivity contribution in [1.82, 2.24) is 4.90 Å². The van der Waals surface area contributed by atoms with Crippen LogP contribution in [0.4, 0.5) is 8.78 Å². The highest BCUT2D eigenvalue weighted by atomic mass is 19.1. The van der Waals surface area contributed by atoms with Gasteiger partial charge in [-0.2, -0.15) is 0 Å². The Hall–Kier alpha value is -1.04. The smallest absolute Gasteiger partial charge is 0.126 e. The second-order valence-electron chi connectivity index (χ2n) is 5.34. The molecule has 0 aliphatic carbocycles. The summed E-state index contributed by atoms with van der Waals surface area (Å²) in [5, 5.41) is 0. The van der Waals surface area contributed by atoms with Gasteiger partial charge >= 0.3 is 0 Å². The fourth-order valence-corrected chi connectivity index (χ4v) is 2.93. The number of nitrogens with two attached hydrogens (primary N) is 1. The number of halogens is 2. The number of nitrogens with zero attached hydrogens (tertiary/aromatic N) is 1. The number of benzene rings is 1. The summed E-state index contributed by atoms with van der Waals surface area (Å²) in [6.45, 7) is 2.17. The first-order valence-corrected chi connectivity index (χ1v) is 7.06. The molecule has 5 heteroatoms. The van der Waals surface area contributed by atoms with Gasteiger partial charge in [0.1, 0.15) is 11.6 Å². The van der Waals surface area contributed by atoms with Crippen LogP contribution in [0.15, 0.2) is 18.2 Å². The summed E-state index contributed by atoms with van der Waals surface area (Å²) in [6.07, 6.45) is 2.96. The highest BCUT2D eigenvalue weighted by molar-refractivity contribution is 5.23. The Morgan fingerprint density at radius 1 is 1.25 bits per heavy atom. The Morgan fingerprint density at radius 3 is 2.60 bits per heavy atom. The average Bonchev–Trinajstić information content (AvgIpc) is 2.56. The minimum Gasteiger partial charge on any atom is -0.383 e. The van der Waals surface area contributed by atoms with Crippen LogP contribution >= 0.6 is 0 Å². The molecule has 1 saturated heterocycles. The molecule has 2 unspecified atom stereocenters. The van der Waals surface area contributed by atoms with E-state index in [1.54, 1.807) is 7.11 Å². The van der Waals surface area contributed by atoms with Crippen molar-refractivity contribution >= 4 is 0 Å². The molecular weight excluding hydrogens is 262 g/mol. The van der Waals surface area contributed by atoms with E-state index in [4.69, 9.17) is 10.5 Å². The fraction of sp³-hybridized carbons (Fsp3) is 0.600. The molecule has 1 aliphatic heterocycles. The molecule has 2 N–H and O–H groups in total. The molecule has 1 heterocycles. The largest absolute Gasteiger partial charge is 0.383 e. The van der Waals surface area contributed by atoms with Gasteiger partial charge in [0, 0.05) is 25.8 Å². The van der Waals surface area contributed by atoms with Crippen molar-refractivity contribution in [3.63, 3.8) is 0 Å². The third-order valence-corrected chi connectivity index (χ3v) is 3.84. The number of likely N-dealkylation sites (tertiary alicyclic amines) is 1. The lowest BCUT2D eigenvalue weighted by atomic mass is 9.96. The van der Waals surface area contributed by atoms with Gasteiger partial charge in [-0.15, -0.1) is 0 Å². The number of rotatable bonds is 4. The maximum absolute atomic E-state index is 13.5. The van der Waals surface area contributed by atoms with Gasteiger partial charge in [-0.3, -0.25) is 4.90 Å². The number of ether oxygens (including phenoxy) is 1. The van der Waals surface area contributed by atoms with E-state index in [2.05, 4.69) is 4.90 Å². The molecular formula is C15H22F2N2O. The Balaban J connectivity index is 2.29. The number of hydrogen-bond donors (Lipinski definition) is 1. The molecule has 1 aromatic carbocycles. The predicted octanol–water partition coefficient (Wildman–Crippen LogP) is 2.47. The van der Waals surface area contributed by atoms with E-state index in [-0.39, 0.29) is 12.1 Å². The Bertz CT molecular complexity index is 422. The number of methoxy groups -OCH3 is 1. The van der Waals surface area contributed by atoms with Crippen molar-refractivity contribution in [3.8, 4) is 0 Å². The van der Waals surface area contributed by atoms with Gasteiger partial charge in [0.2, 0.25) is 0 Å². The molecule has 3 nitrogen and oxygen atoms in total. The molecule has 2 atom stereocenters. The number of hydrogen-bond acceptors (Lipinski definition) is 3. The van der Waals surface area contributed by atoms with Gasteiger partial charge in [0.15, 0.2) is 0 Å². The van der Waals surface area contributed by atoms with Crippen molar-refractivity contribution in [1.29, 1.82) is 0 Å². The van der Waals surface area contributed by atoms with E-state index in [0.717, 1.165) is 31.9 Å². The van der Waals surface area contributed by atoms with E-state index in [0.29, 0.717) is 18.7 Å². The van der Waals surface area contributed by atoms with Crippen molar-refractivity contribution in [2.24, 2.45) is 5.73 Å². The predicted molar refractivity (Wildman–Crippen MR) is 74.4 cm³/mol. The van der Waals surface area contributed by atoms with Crippen LogP contribution < -0.4 is 5.73 Å². The van der Waals surface area contributed by atoms with Gasteiger partial charge in [0.25, 0.3) is 0 Å². The third-order valence-electron chi connectivity index (χ3n) is 3.84. The maximum atomic E-state index is 13.5. The monoisotopic (exact) mass is 284 g/mol. The minimum absolute atomic E-state index is 0.115. The lowest BCUT2D eigenvalue weighted by Crippen LogP contribution is -2.41. The SMILES string of the molecule is COCCN1CCCCC(N)C1c1cc(F)cc(F)c1. The Kier molecular flexibility index (Phi) is 5.46. The molecule has 0 spiro atoms. The molecule has 0 aromatic heterocycles. The summed E-state index contributed by atoms with van der Waals surface area (Å²) in [6, 6.07) is 3.40. The maximum Gasteiger partial charge on any atom is 0.126 e. The first-order valence-electron chi connectivity index (χ1n) is 7.06. The zero-order chi connectivity index (χ0) is 14.5. The molecule has 1 aliphatic rings. The fourth-order valence-electron chi connectivity index (χ4n) is 2.93. The minimum atomic E-state index is -0.553. The van der Waals surface area contributed by atoms with Crippen molar-refractivity contribution < 1.29 is 13.5 Å². The zero-order valence-corrected chi connectivity index (χ0v) is 11.8. The van der Waals surface area contributed by atoms with Crippen LogP contribution in [0.1, 0.15) is 30.9 Å². The quantitative estimate of drug-likeness (QED) is 0.923. The lowest BCUT2D eigenvalue weighted by Gasteiger charge is -2.33. The van der Waals surface area contributed by atoms with Crippen LogP contribution in [-0.4, -0.2) is 37.7 Å².